The zero-order valence-electron chi connectivity index (χ0n) is 5.06. The van der Waals surface area contributed by atoms with Crippen molar-refractivity contribution in [2.45, 2.75) is 13.8 Å². The van der Waals surface area contributed by atoms with E-state index in [1.165, 1.54) is 11.4 Å². The molecule has 0 radical (unpaired) electrons. The number of thioether (sulfide) groups is 1. The summed E-state index contributed by atoms with van der Waals surface area (Å²) < 4.78 is 0. The van der Waals surface area contributed by atoms with E-state index in [-0.39, 0.29) is 0 Å². The highest BCUT2D eigenvalue weighted by Crippen LogP contribution is 2.14. The number of nitrogens with one attached hydrogen (secondary N) is 1. The van der Waals surface area contributed by atoms with Gasteiger partial charge in [0.1, 0.15) is 0 Å². The molecule has 1 heterocycles. The maximum atomic E-state index is 3.18. The second-order valence-corrected chi connectivity index (χ2v) is 2.61. The van der Waals surface area contributed by atoms with Crippen LogP contribution >= 0.6 is 11.8 Å². The lowest BCUT2D eigenvalue weighted by atomic mass is 10.5. The molecule has 0 spiro atoms. The first-order valence-corrected chi connectivity index (χ1v) is 3.49. The minimum Gasteiger partial charge on any atom is -0.362 e. The van der Waals surface area contributed by atoms with Crippen LogP contribution < -0.4 is 5.32 Å². The molecular weight excluding hydrogens is 118 g/mol. The molecule has 0 aromatic rings. The minimum absolute atomic E-state index is 1.23. The number of hydrogen-bond acceptors (Lipinski definition) is 2. The molecule has 1 nitrogen and oxygen atoms in total. The van der Waals surface area contributed by atoms with E-state index < -0.39 is 0 Å². The van der Waals surface area contributed by atoms with Gasteiger partial charge in [-0.2, -0.15) is 0 Å². The van der Waals surface area contributed by atoms with E-state index >= 15 is 0 Å². The monoisotopic (exact) mass is 127 g/mol. The Morgan fingerprint density at radius 3 is 2.00 bits per heavy atom. The van der Waals surface area contributed by atoms with Crippen LogP contribution in [0, 0.1) is 0 Å². The van der Waals surface area contributed by atoms with Gasteiger partial charge in [-0.1, -0.05) is 0 Å². The van der Waals surface area contributed by atoms with Crippen molar-refractivity contribution in [3.8, 4) is 0 Å². The van der Waals surface area contributed by atoms with Crippen molar-refractivity contribution < 1.29 is 0 Å². The molecular formula is C6H9NS. The van der Waals surface area contributed by atoms with Gasteiger partial charge in [0.05, 0.1) is 0 Å². The SMILES string of the molecule is CC1=CSC=C(C)N1. The molecule has 0 bridgehead atoms. The number of rotatable bonds is 0. The Kier molecular flexibility index (Phi) is 1.63. The fourth-order valence-corrected chi connectivity index (χ4v) is 1.20. The molecule has 1 aliphatic heterocycles. The summed E-state index contributed by atoms with van der Waals surface area (Å²) in [6.45, 7) is 4.12. The molecule has 2 heteroatoms. The Hall–Kier alpha value is -0.370. The van der Waals surface area contributed by atoms with Gasteiger partial charge in [0.15, 0.2) is 0 Å². The average molecular weight is 127 g/mol. The van der Waals surface area contributed by atoms with Crippen LogP contribution in [0.4, 0.5) is 0 Å². The van der Waals surface area contributed by atoms with Crippen molar-refractivity contribution in [3.05, 3.63) is 22.2 Å². The molecule has 1 rings (SSSR count). The molecule has 0 atom stereocenters. The smallest absolute Gasteiger partial charge is 0.0184 e. The Morgan fingerprint density at radius 1 is 1.25 bits per heavy atom. The van der Waals surface area contributed by atoms with Gasteiger partial charge >= 0.3 is 0 Å². The molecule has 1 N–H and O–H groups in total. The fraction of sp³-hybridized carbons (Fsp3) is 0.333. The maximum absolute atomic E-state index is 3.18. The summed E-state index contributed by atoms with van der Waals surface area (Å²) in [5, 5.41) is 7.36. The Labute approximate surface area is 53.9 Å². The van der Waals surface area contributed by atoms with E-state index in [9.17, 15) is 0 Å². The second kappa shape index (κ2) is 2.27. The van der Waals surface area contributed by atoms with Crippen LogP contribution in [0.15, 0.2) is 22.2 Å². The zero-order chi connectivity index (χ0) is 5.98. The molecule has 44 valence electrons. The lowest BCUT2D eigenvalue weighted by molar-refractivity contribution is 0.973. The van der Waals surface area contributed by atoms with Crippen LogP contribution in [0.1, 0.15) is 13.8 Å². The zero-order valence-corrected chi connectivity index (χ0v) is 5.88. The predicted molar refractivity (Wildman–Crippen MR) is 38.2 cm³/mol. The second-order valence-electron chi connectivity index (χ2n) is 1.86. The Balaban J connectivity index is 2.57. The standard InChI is InChI=1S/C6H9NS/c1-5-3-8-4-6(2)7-5/h3-4,7H,1-2H3. The third-order valence-corrected chi connectivity index (χ3v) is 1.86. The van der Waals surface area contributed by atoms with Gasteiger partial charge in [-0.3, -0.25) is 0 Å². The van der Waals surface area contributed by atoms with Crippen LogP contribution in [-0.2, 0) is 0 Å². The molecule has 0 fully saturated rings. The molecule has 0 amide bonds. The summed E-state index contributed by atoms with van der Waals surface area (Å²) in [6, 6.07) is 0. The van der Waals surface area contributed by atoms with Crippen molar-refractivity contribution in [1.29, 1.82) is 0 Å². The van der Waals surface area contributed by atoms with Crippen molar-refractivity contribution in [2.75, 3.05) is 0 Å². The van der Waals surface area contributed by atoms with Gasteiger partial charge in [-0.15, -0.1) is 11.8 Å². The fourth-order valence-electron chi connectivity index (χ4n) is 0.608. The van der Waals surface area contributed by atoms with Gasteiger partial charge in [0.25, 0.3) is 0 Å². The maximum Gasteiger partial charge on any atom is 0.0184 e. The van der Waals surface area contributed by atoms with Crippen LogP contribution in [0.3, 0.4) is 0 Å². The molecule has 1 aliphatic rings. The first-order valence-electron chi connectivity index (χ1n) is 2.55. The van der Waals surface area contributed by atoms with E-state index in [0.717, 1.165) is 0 Å². The summed E-state index contributed by atoms with van der Waals surface area (Å²) in [5.41, 5.74) is 2.46. The topological polar surface area (TPSA) is 12.0 Å². The summed E-state index contributed by atoms with van der Waals surface area (Å²) in [4.78, 5) is 0. The van der Waals surface area contributed by atoms with Crippen LogP contribution in [0.2, 0.25) is 0 Å². The molecule has 0 saturated heterocycles. The number of hydrogen-bond donors (Lipinski definition) is 1. The third-order valence-electron chi connectivity index (χ3n) is 0.884. The largest absolute Gasteiger partial charge is 0.362 e. The minimum atomic E-state index is 1.23. The Morgan fingerprint density at radius 2 is 1.75 bits per heavy atom. The molecule has 0 unspecified atom stereocenters. The molecule has 0 aromatic heterocycles. The van der Waals surface area contributed by atoms with Crippen LogP contribution in [-0.4, -0.2) is 0 Å². The van der Waals surface area contributed by atoms with Gasteiger partial charge in [0.2, 0.25) is 0 Å². The van der Waals surface area contributed by atoms with Gasteiger partial charge in [-0.05, 0) is 24.7 Å². The quantitative estimate of drug-likeness (QED) is 0.534. The summed E-state index contributed by atoms with van der Waals surface area (Å²) >= 11 is 1.72. The molecule has 0 saturated carbocycles. The molecule has 0 aliphatic carbocycles. The predicted octanol–water partition coefficient (Wildman–Crippen LogP) is 2.05. The van der Waals surface area contributed by atoms with Gasteiger partial charge in [-0.25, -0.2) is 0 Å². The van der Waals surface area contributed by atoms with E-state index in [4.69, 9.17) is 0 Å². The van der Waals surface area contributed by atoms with E-state index in [1.54, 1.807) is 11.8 Å². The average Bonchev–Trinajstić information content (AvgIpc) is 1.64. The van der Waals surface area contributed by atoms with Crippen molar-refractivity contribution in [2.24, 2.45) is 0 Å². The highest BCUT2D eigenvalue weighted by Gasteiger charge is 1.93. The molecule has 0 aromatic carbocycles. The summed E-state index contributed by atoms with van der Waals surface area (Å²) in [7, 11) is 0. The van der Waals surface area contributed by atoms with Crippen LogP contribution in [0.25, 0.3) is 0 Å². The summed E-state index contributed by atoms with van der Waals surface area (Å²) in [6.07, 6.45) is 0. The van der Waals surface area contributed by atoms with E-state index in [0.29, 0.717) is 0 Å². The molecule has 8 heavy (non-hydrogen) atoms. The van der Waals surface area contributed by atoms with E-state index in [1.807, 2.05) is 0 Å². The highest BCUT2D eigenvalue weighted by atomic mass is 32.2. The van der Waals surface area contributed by atoms with Crippen molar-refractivity contribution in [3.63, 3.8) is 0 Å². The first-order chi connectivity index (χ1) is 3.79. The highest BCUT2D eigenvalue weighted by molar-refractivity contribution is 8.05. The summed E-state index contributed by atoms with van der Waals surface area (Å²) in [5.74, 6) is 0. The number of allylic oxidation sites excluding steroid dienone is 2. The van der Waals surface area contributed by atoms with Crippen molar-refractivity contribution in [1.82, 2.24) is 5.32 Å². The lowest BCUT2D eigenvalue weighted by Crippen LogP contribution is -2.08. The lowest BCUT2D eigenvalue weighted by Gasteiger charge is -2.09. The normalized spacial score (nSPS) is 18.8. The van der Waals surface area contributed by atoms with E-state index in [2.05, 4.69) is 30.0 Å². The van der Waals surface area contributed by atoms with Crippen LogP contribution in [0.5, 0.6) is 0 Å². The Bertz CT molecular complexity index is 131. The van der Waals surface area contributed by atoms with Gasteiger partial charge < -0.3 is 5.32 Å². The van der Waals surface area contributed by atoms with Crippen molar-refractivity contribution >= 4 is 11.8 Å². The first kappa shape index (κ1) is 5.76. The third kappa shape index (κ3) is 1.30. The van der Waals surface area contributed by atoms with Gasteiger partial charge in [0, 0.05) is 11.4 Å².